The quantitative estimate of drug-likeness (QED) is 0.496. The van der Waals surface area contributed by atoms with E-state index < -0.39 is 17.6 Å². The van der Waals surface area contributed by atoms with Crippen molar-refractivity contribution in [2.75, 3.05) is 6.54 Å². The monoisotopic (exact) mass is 305 g/mol. The second-order valence-corrected chi connectivity index (χ2v) is 5.24. The number of hydrogen-bond donors (Lipinski definition) is 1. The molecule has 1 aromatic carbocycles. The van der Waals surface area contributed by atoms with Gasteiger partial charge in [-0.25, -0.2) is 4.39 Å². The predicted octanol–water partition coefficient (Wildman–Crippen LogP) is 5.47. The van der Waals surface area contributed by atoms with Crippen LogP contribution in [0.1, 0.15) is 63.1 Å². The Hall–Kier alpha value is -1.10. The van der Waals surface area contributed by atoms with Crippen LogP contribution in [0.15, 0.2) is 18.2 Å². The van der Waals surface area contributed by atoms with E-state index in [1.54, 1.807) is 0 Å². The van der Waals surface area contributed by atoms with Crippen molar-refractivity contribution in [3.05, 3.63) is 35.1 Å². The molecule has 0 spiro atoms. The molecule has 120 valence electrons. The first kappa shape index (κ1) is 18.0. The molecular formula is C16H23F4N. The van der Waals surface area contributed by atoms with E-state index in [1.165, 1.54) is 6.07 Å². The molecular weight excluding hydrogens is 282 g/mol. The summed E-state index contributed by atoms with van der Waals surface area (Å²) < 4.78 is 51.7. The summed E-state index contributed by atoms with van der Waals surface area (Å²) in [7, 11) is 0. The van der Waals surface area contributed by atoms with E-state index in [-0.39, 0.29) is 6.04 Å². The van der Waals surface area contributed by atoms with E-state index in [4.69, 9.17) is 0 Å². The van der Waals surface area contributed by atoms with Crippen LogP contribution in [-0.4, -0.2) is 6.54 Å². The van der Waals surface area contributed by atoms with Gasteiger partial charge in [-0.05, 0) is 37.1 Å². The predicted molar refractivity (Wildman–Crippen MR) is 76.6 cm³/mol. The fourth-order valence-corrected chi connectivity index (χ4v) is 2.28. The van der Waals surface area contributed by atoms with Gasteiger partial charge in [-0.1, -0.05) is 39.2 Å². The Morgan fingerprint density at radius 1 is 1.10 bits per heavy atom. The van der Waals surface area contributed by atoms with E-state index in [0.717, 1.165) is 50.8 Å². The lowest BCUT2D eigenvalue weighted by atomic mass is 9.98. The van der Waals surface area contributed by atoms with Crippen molar-refractivity contribution in [1.29, 1.82) is 0 Å². The maximum Gasteiger partial charge on any atom is 0.419 e. The third-order valence-corrected chi connectivity index (χ3v) is 3.44. The highest BCUT2D eigenvalue weighted by Crippen LogP contribution is 2.33. The highest BCUT2D eigenvalue weighted by molar-refractivity contribution is 5.29. The molecule has 1 N–H and O–H groups in total. The Kier molecular flexibility index (Phi) is 7.15. The summed E-state index contributed by atoms with van der Waals surface area (Å²) in [4.78, 5) is 0. The van der Waals surface area contributed by atoms with E-state index in [1.807, 2.05) is 6.92 Å². The summed E-state index contributed by atoms with van der Waals surface area (Å²) >= 11 is 0. The molecule has 5 heteroatoms. The number of unbranched alkanes of at least 4 members (excludes halogenated alkanes) is 2. The largest absolute Gasteiger partial charge is 0.419 e. The lowest BCUT2D eigenvalue weighted by Crippen LogP contribution is -2.23. The molecule has 1 unspecified atom stereocenters. The Bertz CT molecular complexity index is 429. The molecule has 0 fully saturated rings. The van der Waals surface area contributed by atoms with Crippen molar-refractivity contribution in [3.8, 4) is 0 Å². The highest BCUT2D eigenvalue weighted by atomic mass is 19.4. The van der Waals surface area contributed by atoms with Gasteiger partial charge in [-0.3, -0.25) is 0 Å². The van der Waals surface area contributed by atoms with Gasteiger partial charge >= 0.3 is 6.18 Å². The summed E-state index contributed by atoms with van der Waals surface area (Å²) in [5, 5.41) is 3.25. The average Bonchev–Trinajstić information content (AvgIpc) is 2.42. The topological polar surface area (TPSA) is 12.0 Å². The summed E-state index contributed by atoms with van der Waals surface area (Å²) in [6, 6.07) is 3.15. The Balaban J connectivity index is 2.95. The summed E-state index contributed by atoms with van der Waals surface area (Å²) in [5.41, 5.74) is -0.674. The van der Waals surface area contributed by atoms with E-state index >= 15 is 0 Å². The second kappa shape index (κ2) is 8.37. The molecule has 0 radical (unpaired) electrons. The van der Waals surface area contributed by atoms with Crippen molar-refractivity contribution >= 4 is 0 Å². The zero-order chi connectivity index (χ0) is 15.9. The molecule has 0 aliphatic heterocycles. The van der Waals surface area contributed by atoms with Crippen LogP contribution in [0.3, 0.4) is 0 Å². The summed E-state index contributed by atoms with van der Waals surface area (Å²) in [6.45, 7) is 4.81. The fourth-order valence-electron chi connectivity index (χ4n) is 2.28. The van der Waals surface area contributed by atoms with Crippen molar-refractivity contribution < 1.29 is 17.6 Å². The normalized spacial score (nSPS) is 13.4. The zero-order valence-corrected chi connectivity index (χ0v) is 12.6. The third-order valence-electron chi connectivity index (χ3n) is 3.44. The molecule has 0 aliphatic carbocycles. The van der Waals surface area contributed by atoms with Crippen molar-refractivity contribution in [3.63, 3.8) is 0 Å². The van der Waals surface area contributed by atoms with Gasteiger partial charge < -0.3 is 5.32 Å². The van der Waals surface area contributed by atoms with Gasteiger partial charge in [0, 0.05) is 6.04 Å². The number of halogens is 4. The molecule has 21 heavy (non-hydrogen) atoms. The zero-order valence-electron chi connectivity index (χ0n) is 12.6. The highest BCUT2D eigenvalue weighted by Gasteiger charge is 2.34. The molecule has 0 aromatic heterocycles. The van der Waals surface area contributed by atoms with E-state index in [2.05, 4.69) is 12.2 Å². The summed E-state index contributed by atoms with van der Waals surface area (Å²) in [5.74, 6) is -1.21. The van der Waals surface area contributed by atoms with Gasteiger partial charge in [-0.15, -0.1) is 0 Å². The van der Waals surface area contributed by atoms with Gasteiger partial charge in [0.25, 0.3) is 0 Å². The van der Waals surface area contributed by atoms with Gasteiger partial charge in [-0.2, -0.15) is 13.2 Å². The number of alkyl halides is 3. The number of hydrogen-bond acceptors (Lipinski definition) is 1. The molecule has 0 aliphatic rings. The van der Waals surface area contributed by atoms with Crippen LogP contribution in [0.4, 0.5) is 17.6 Å². The maximum atomic E-state index is 13.3. The minimum absolute atomic E-state index is 0.154. The van der Waals surface area contributed by atoms with Crippen LogP contribution < -0.4 is 5.32 Å². The SMILES string of the molecule is CCCCCC(NCCC)c1ccc(F)c(C(F)(F)F)c1. The average molecular weight is 305 g/mol. The van der Waals surface area contributed by atoms with Crippen LogP contribution in [0.25, 0.3) is 0 Å². The minimum atomic E-state index is -4.65. The molecule has 0 heterocycles. The van der Waals surface area contributed by atoms with Gasteiger partial charge in [0.1, 0.15) is 5.82 Å². The smallest absolute Gasteiger partial charge is 0.310 e. The van der Waals surface area contributed by atoms with Crippen molar-refractivity contribution in [1.82, 2.24) is 5.32 Å². The Morgan fingerprint density at radius 2 is 1.81 bits per heavy atom. The Morgan fingerprint density at radius 3 is 2.38 bits per heavy atom. The number of nitrogens with one attached hydrogen (secondary N) is 1. The Labute approximate surface area is 123 Å². The van der Waals surface area contributed by atoms with Crippen molar-refractivity contribution in [2.24, 2.45) is 0 Å². The van der Waals surface area contributed by atoms with Crippen LogP contribution in [0.2, 0.25) is 0 Å². The van der Waals surface area contributed by atoms with Gasteiger partial charge in [0.2, 0.25) is 0 Å². The van der Waals surface area contributed by atoms with Crippen LogP contribution in [-0.2, 0) is 6.18 Å². The molecule has 0 saturated heterocycles. The first-order chi connectivity index (χ1) is 9.90. The summed E-state index contributed by atoms with van der Waals surface area (Å²) in [6.07, 6.45) is 0.0408. The standard InChI is InChI=1S/C16H23F4N/c1-3-5-6-7-15(21-10-4-2)12-8-9-14(17)13(11-12)16(18,19)20/h8-9,11,15,21H,3-7,10H2,1-2H3. The maximum absolute atomic E-state index is 13.3. The third kappa shape index (κ3) is 5.65. The molecule has 1 nitrogen and oxygen atoms in total. The van der Waals surface area contributed by atoms with Crippen LogP contribution in [0, 0.1) is 5.82 Å². The fraction of sp³-hybridized carbons (Fsp3) is 0.625. The number of rotatable bonds is 8. The molecule has 0 bridgehead atoms. The van der Waals surface area contributed by atoms with Crippen molar-refractivity contribution in [2.45, 2.75) is 58.2 Å². The van der Waals surface area contributed by atoms with Gasteiger partial charge in [0.05, 0.1) is 5.56 Å². The molecule has 1 aromatic rings. The molecule has 0 amide bonds. The second-order valence-electron chi connectivity index (χ2n) is 5.24. The van der Waals surface area contributed by atoms with Gasteiger partial charge in [0.15, 0.2) is 0 Å². The lowest BCUT2D eigenvalue weighted by Gasteiger charge is -2.20. The van der Waals surface area contributed by atoms with Crippen LogP contribution >= 0.6 is 0 Å². The minimum Gasteiger partial charge on any atom is -0.310 e. The molecule has 1 atom stereocenters. The number of benzene rings is 1. The molecule has 0 saturated carbocycles. The van der Waals surface area contributed by atoms with Crippen LogP contribution in [0.5, 0.6) is 0 Å². The van der Waals surface area contributed by atoms with E-state index in [9.17, 15) is 17.6 Å². The first-order valence-corrected chi connectivity index (χ1v) is 7.50. The van der Waals surface area contributed by atoms with E-state index in [0.29, 0.717) is 5.56 Å². The first-order valence-electron chi connectivity index (χ1n) is 7.50. The lowest BCUT2D eigenvalue weighted by molar-refractivity contribution is -0.140. The molecule has 1 rings (SSSR count).